The quantitative estimate of drug-likeness (QED) is 0.454. The van der Waals surface area contributed by atoms with Gasteiger partial charge in [-0.15, -0.1) is 0 Å². The zero-order chi connectivity index (χ0) is 15.1. The molecule has 0 saturated heterocycles. The van der Waals surface area contributed by atoms with Gasteiger partial charge >= 0.3 is 0 Å². The Labute approximate surface area is 130 Å². The largest absolute Gasteiger partial charge is 0.456 e. The molecular formula is C21H18O. The van der Waals surface area contributed by atoms with Crippen molar-refractivity contribution >= 4 is 21.9 Å². The molecule has 1 heteroatoms. The standard InChI is InChI=1S/C21H18O/c1-14-10-11-16(15(2)12-14)13-17-6-5-8-19-18-7-3-4-9-20(18)22-21(17)19/h3-12H,13H2,1-2H3. The third-order valence-electron chi connectivity index (χ3n) is 4.36. The molecule has 0 fully saturated rings. The van der Waals surface area contributed by atoms with Gasteiger partial charge < -0.3 is 4.42 Å². The SMILES string of the molecule is Cc1ccc(Cc2cccc3c2oc2ccccc23)c(C)c1. The Bertz CT molecular complexity index is 976. The van der Waals surface area contributed by atoms with Gasteiger partial charge in [0.1, 0.15) is 11.2 Å². The Balaban J connectivity index is 1.88. The smallest absolute Gasteiger partial charge is 0.138 e. The summed E-state index contributed by atoms with van der Waals surface area (Å²) in [6, 6.07) is 21.3. The van der Waals surface area contributed by atoms with Gasteiger partial charge in [-0.3, -0.25) is 0 Å². The fourth-order valence-electron chi connectivity index (χ4n) is 3.19. The number of aryl methyl sites for hydroxylation is 2. The molecule has 0 radical (unpaired) electrons. The maximum absolute atomic E-state index is 6.12. The molecule has 0 saturated carbocycles. The van der Waals surface area contributed by atoms with Crippen LogP contribution in [0.25, 0.3) is 21.9 Å². The van der Waals surface area contributed by atoms with E-state index in [0.29, 0.717) is 0 Å². The minimum absolute atomic E-state index is 0.906. The number of furan rings is 1. The molecule has 3 aromatic carbocycles. The summed E-state index contributed by atoms with van der Waals surface area (Å²) in [6.45, 7) is 4.32. The van der Waals surface area contributed by atoms with Gasteiger partial charge in [0, 0.05) is 17.2 Å². The minimum atomic E-state index is 0.906. The molecule has 0 aliphatic heterocycles. The van der Waals surface area contributed by atoms with Crippen LogP contribution in [0.2, 0.25) is 0 Å². The van der Waals surface area contributed by atoms with Gasteiger partial charge in [-0.25, -0.2) is 0 Å². The lowest BCUT2D eigenvalue weighted by atomic mass is 9.97. The lowest BCUT2D eigenvalue weighted by Gasteiger charge is -2.07. The summed E-state index contributed by atoms with van der Waals surface area (Å²) in [5, 5.41) is 2.40. The van der Waals surface area contributed by atoms with Crippen LogP contribution in [-0.4, -0.2) is 0 Å². The second-order valence-corrected chi connectivity index (χ2v) is 6.00. The molecule has 0 bridgehead atoms. The van der Waals surface area contributed by atoms with Crippen molar-refractivity contribution in [2.75, 3.05) is 0 Å². The molecule has 0 spiro atoms. The van der Waals surface area contributed by atoms with Gasteiger partial charge in [0.15, 0.2) is 0 Å². The molecule has 1 aromatic heterocycles. The van der Waals surface area contributed by atoms with Crippen LogP contribution in [0.5, 0.6) is 0 Å². The maximum Gasteiger partial charge on any atom is 0.138 e. The Morgan fingerprint density at radius 1 is 0.773 bits per heavy atom. The van der Waals surface area contributed by atoms with E-state index in [1.54, 1.807) is 0 Å². The van der Waals surface area contributed by atoms with E-state index in [1.165, 1.54) is 33.0 Å². The molecular weight excluding hydrogens is 268 g/mol. The predicted octanol–water partition coefficient (Wildman–Crippen LogP) is 5.79. The van der Waals surface area contributed by atoms with Crippen LogP contribution in [0.1, 0.15) is 22.3 Å². The van der Waals surface area contributed by atoms with Crippen LogP contribution >= 0.6 is 0 Å². The summed E-state index contributed by atoms with van der Waals surface area (Å²) in [6.07, 6.45) is 0.906. The second kappa shape index (κ2) is 5.03. The van der Waals surface area contributed by atoms with Crippen LogP contribution < -0.4 is 0 Å². The van der Waals surface area contributed by atoms with Crippen molar-refractivity contribution < 1.29 is 4.42 Å². The molecule has 0 unspecified atom stereocenters. The van der Waals surface area contributed by atoms with Crippen LogP contribution in [0.3, 0.4) is 0 Å². The van der Waals surface area contributed by atoms with Gasteiger partial charge in [0.2, 0.25) is 0 Å². The van der Waals surface area contributed by atoms with Crippen LogP contribution in [0.4, 0.5) is 0 Å². The summed E-state index contributed by atoms with van der Waals surface area (Å²) in [7, 11) is 0. The molecule has 108 valence electrons. The summed E-state index contributed by atoms with van der Waals surface area (Å²) >= 11 is 0. The number of benzene rings is 3. The van der Waals surface area contributed by atoms with Gasteiger partial charge in [-0.1, -0.05) is 60.2 Å². The molecule has 4 rings (SSSR count). The maximum atomic E-state index is 6.12. The average Bonchev–Trinajstić information content (AvgIpc) is 2.90. The van der Waals surface area contributed by atoms with Crippen molar-refractivity contribution in [1.82, 2.24) is 0 Å². The van der Waals surface area contributed by atoms with Gasteiger partial charge in [0.25, 0.3) is 0 Å². The third-order valence-corrected chi connectivity index (χ3v) is 4.36. The molecule has 0 amide bonds. The lowest BCUT2D eigenvalue weighted by Crippen LogP contribution is -1.93. The molecule has 0 atom stereocenters. The second-order valence-electron chi connectivity index (χ2n) is 6.00. The molecule has 0 N–H and O–H groups in total. The predicted molar refractivity (Wildman–Crippen MR) is 92.4 cm³/mol. The number of hydrogen-bond donors (Lipinski definition) is 0. The Morgan fingerprint density at radius 2 is 1.59 bits per heavy atom. The Kier molecular flexibility index (Phi) is 3.00. The van der Waals surface area contributed by atoms with E-state index in [0.717, 1.165) is 17.6 Å². The molecule has 0 aliphatic rings. The summed E-state index contributed by atoms with van der Waals surface area (Å²) in [4.78, 5) is 0. The van der Waals surface area contributed by atoms with Crippen molar-refractivity contribution in [3.8, 4) is 0 Å². The highest BCUT2D eigenvalue weighted by molar-refractivity contribution is 6.05. The fraction of sp³-hybridized carbons (Fsp3) is 0.143. The average molecular weight is 286 g/mol. The van der Waals surface area contributed by atoms with Crippen molar-refractivity contribution in [2.24, 2.45) is 0 Å². The van der Waals surface area contributed by atoms with E-state index in [4.69, 9.17) is 4.42 Å². The number of fused-ring (bicyclic) bond motifs is 3. The first-order valence-electron chi connectivity index (χ1n) is 7.67. The van der Waals surface area contributed by atoms with Crippen molar-refractivity contribution in [2.45, 2.75) is 20.3 Å². The molecule has 4 aromatic rings. The normalized spacial score (nSPS) is 11.4. The van der Waals surface area contributed by atoms with Gasteiger partial charge in [-0.05, 0) is 36.6 Å². The lowest BCUT2D eigenvalue weighted by molar-refractivity contribution is 0.664. The number of hydrogen-bond acceptors (Lipinski definition) is 1. The van der Waals surface area contributed by atoms with E-state index >= 15 is 0 Å². The zero-order valence-electron chi connectivity index (χ0n) is 12.9. The highest BCUT2D eigenvalue weighted by Gasteiger charge is 2.11. The van der Waals surface area contributed by atoms with E-state index in [1.807, 2.05) is 12.1 Å². The highest BCUT2D eigenvalue weighted by atomic mass is 16.3. The first-order chi connectivity index (χ1) is 10.7. The fourth-order valence-corrected chi connectivity index (χ4v) is 3.19. The van der Waals surface area contributed by atoms with Crippen molar-refractivity contribution in [3.05, 3.63) is 82.9 Å². The van der Waals surface area contributed by atoms with Crippen LogP contribution in [0, 0.1) is 13.8 Å². The topological polar surface area (TPSA) is 13.1 Å². The van der Waals surface area contributed by atoms with Crippen LogP contribution in [0.15, 0.2) is 65.1 Å². The number of rotatable bonds is 2. The monoisotopic (exact) mass is 286 g/mol. The van der Waals surface area contributed by atoms with Gasteiger partial charge in [-0.2, -0.15) is 0 Å². The van der Waals surface area contributed by atoms with Gasteiger partial charge in [0.05, 0.1) is 0 Å². The van der Waals surface area contributed by atoms with E-state index in [9.17, 15) is 0 Å². The Hall–Kier alpha value is -2.54. The first-order valence-corrected chi connectivity index (χ1v) is 7.67. The number of para-hydroxylation sites is 2. The molecule has 0 aliphatic carbocycles. The van der Waals surface area contributed by atoms with E-state index in [2.05, 4.69) is 62.4 Å². The van der Waals surface area contributed by atoms with E-state index < -0.39 is 0 Å². The summed E-state index contributed by atoms with van der Waals surface area (Å²) < 4.78 is 6.12. The molecule has 22 heavy (non-hydrogen) atoms. The zero-order valence-corrected chi connectivity index (χ0v) is 12.9. The van der Waals surface area contributed by atoms with Crippen molar-refractivity contribution in [3.63, 3.8) is 0 Å². The minimum Gasteiger partial charge on any atom is -0.456 e. The molecule has 1 heterocycles. The summed E-state index contributed by atoms with van der Waals surface area (Å²) in [5.41, 5.74) is 7.24. The third kappa shape index (κ3) is 2.10. The highest BCUT2D eigenvalue weighted by Crippen LogP contribution is 2.32. The van der Waals surface area contributed by atoms with Crippen molar-refractivity contribution in [1.29, 1.82) is 0 Å². The Morgan fingerprint density at radius 3 is 2.45 bits per heavy atom. The first kappa shape index (κ1) is 13.1. The van der Waals surface area contributed by atoms with Crippen LogP contribution in [-0.2, 0) is 6.42 Å². The summed E-state index contributed by atoms with van der Waals surface area (Å²) in [5.74, 6) is 0. The molecule has 1 nitrogen and oxygen atoms in total. The van der Waals surface area contributed by atoms with E-state index in [-0.39, 0.29) is 0 Å².